The zero-order valence-electron chi connectivity index (χ0n) is 15.7. The van der Waals surface area contributed by atoms with Crippen LogP contribution in [0.4, 0.5) is 16.3 Å². The second kappa shape index (κ2) is 6.56. The van der Waals surface area contributed by atoms with Crippen LogP contribution in [0.25, 0.3) is 0 Å². The molecule has 4 heterocycles. The van der Waals surface area contributed by atoms with E-state index in [-0.39, 0.29) is 22.1 Å². The van der Waals surface area contributed by atoms with Gasteiger partial charge in [-0.25, -0.2) is 18.2 Å². The van der Waals surface area contributed by atoms with Crippen molar-refractivity contribution in [2.75, 3.05) is 48.3 Å². The fourth-order valence-electron chi connectivity index (χ4n) is 4.45. The second-order valence-electron chi connectivity index (χ2n) is 7.99. The molecule has 2 saturated heterocycles. The Morgan fingerprint density at radius 3 is 2.66 bits per heavy atom. The minimum atomic E-state index is -3.45. The van der Waals surface area contributed by atoms with Crippen molar-refractivity contribution in [1.29, 1.82) is 0 Å². The topological polar surface area (TPSA) is 86.7 Å². The number of nitrogens with zero attached hydrogens (tertiary/aromatic N) is 5. The Balaban J connectivity index is 1.30. The summed E-state index contributed by atoms with van der Waals surface area (Å²) in [6.45, 7) is 3.39. The van der Waals surface area contributed by atoms with Gasteiger partial charge in [0.2, 0.25) is 0 Å². The summed E-state index contributed by atoms with van der Waals surface area (Å²) in [4.78, 5) is 27.3. The number of aromatic nitrogens is 2. The molecule has 152 valence electrons. The van der Waals surface area contributed by atoms with Crippen LogP contribution in [0.2, 0.25) is 5.02 Å². The highest BCUT2D eigenvalue weighted by atomic mass is 35.5. The number of fused-ring (bicyclic) bond motifs is 1. The molecule has 0 unspecified atom stereocenters. The molecule has 1 aromatic carbocycles. The molecule has 1 spiro atoms. The largest absolute Gasteiger partial charge is 0.354 e. The molecule has 3 aliphatic rings. The molecule has 0 N–H and O–H groups in total. The quantitative estimate of drug-likeness (QED) is 0.684. The van der Waals surface area contributed by atoms with Crippen LogP contribution in [-0.2, 0) is 9.84 Å². The lowest BCUT2D eigenvalue weighted by Gasteiger charge is -2.60. The maximum atomic E-state index is 13.2. The van der Waals surface area contributed by atoms with Crippen LogP contribution >= 0.6 is 11.6 Å². The summed E-state index contributed by atoms with van der Waals surface area (Å²) in [6.07, 6.45) is 5.47. The lowest BCUT2D eigenvalue weighted by atomic mass is 9.73. The van der Waals surface area contributed by atoms with Crippen LogP contribution in [0, 0.1) is 5.41 Å². The molecule has 0 aliphatic carbocycles. The van der Waals surface area contributed by atoms with Gasteiger partial charge in [0.15, 0.2) is 9.84 Å². The van der Waals surface area contributed by atoms with Crippen LogP contribution < -0.4 is 9.80 Å². The van der Waals surface area contributed by atoms with Gasteiger partial charge < -0.3 is 9.80 Å². The zero-order chi connectivity index (χ0) is 20.2. The number of halogens is 1. The minimum absolute atomic E-state index is 0.0150. The van der Waals surface area contributed by atoms with E-state index in [2.05, 4.69) is 14.9 Å². The van der Waals surface area contributed by atoms with Gasteiger partial charge in [-0.3, -0.25) is 9.88 Å². The van der Waals surface area contributed by atoms with Crippen LogP contribution in [0.1, 0.15) is 6.42 Å². The third kappa shape index (κ3) is 3.12. The van der Waals surface area contributed by atoms with Crippen molar-refractivity contribution in [2.45, 2.75) is 11.3 Å². The highest BCUT2D eigenvalue weighted by Gasteiger charge is 2.54. The first-order chi connectivity index (χ1) is 13.9. The van der Waals surface area contributed by atoms with Crippen molar-refractivity contribution in [3.63, 3.8) is 0 Å². The number of anilines is 2. The number of likely N-dealkylation sites (tertiary alicyclic amines) is 1. The van der Waals surface area contributed by atoms with Gasteiger partial charge in [-0.2, -0.15) is 0 Å². The first-order valence-corrected chi connectivity index (χ1v) is 11.5. The molecule has 2 fully saturated rings. The van der Waals surface area contributed by atoms with Crippen LogP contribution in [0.15, 0.2) is 41.7 Å². The van der Waals surface area contributed by atoms with Gasteiger partial charge >= 0.3 is 6.03 Å². The zero-order valence-corrected chi connectivity index (χ0v) is 17.2. The Bertz CT molecular complexity index is 1060. The molecule has 2 amide bonds. The Morgan fingerprint density at radius 1 is 1.14 bits per heavy atom. The van der Waals surface area contributed by atoms with Gasteiger partial charge in [-0.15, -0.1) is 0 Å². The summed E-state index contributed by atoms with van der Waals surface area (Å²) in [6, 6.07) is 4.56. The van der Waals surface area contributed by atoms with E-state index in [1.165, 1.54) is 6.07 Å². The van der Waals surface area contributed by atoms with E-state index in [0.717, 1.165) is 18.9 Å². The van der Waals surface area contributed by atoms with Crippen molar-refractivity contribution in [1.82, 2.24) is 14.9 Å². The standard InChI is InChI=1S/C19H20ClN5O3S/c20-14-2-3-15-16(8-14)29(27,28)7-1-6-25(15)18(26)24-12-19(13-24)10-23(11-19)17-9-21-4-5-22-17/h2-5,8-9H,1,6-7,10-13H2. The van der Waals surface area contributed by atoms with Gasteiger partial charge in [-0.05, 0) is 24.6 Å². The van der Waals surface area contributed by atoms with Crippen LogP contribution in [0.3, 0.4) is 0 Å². The van der Waals surface area contributed by atoms with Crippen molar-refractivity contribution < 1.29 is 13.2 Å². The lowest BCUT2D eigenvalue weighted by Crippen LogP contribution is -2.74. The molecular formula is C19H20ClN5O3S. The predicted molar refractivity (Wildman–Crippen MR) is 109 cm³/mol. The summed E-state index contributed by atoms with van der Waals surface area (Å²) in [5, 5.41) is 0.350. The van der Waals surface area contributed by atoms with Gasteiger partial charge in [0.1, 0.15) is 5.82 Å². The highest BCUT2D eigenvalue weighted by Crippen LogP contribution is 2.42. The molecule has 5 rings (SSSR count). The molecule has 2 aromatic rings. The van der Waals surface area contributed by atoms with E-state index < -0.39 is 9.84 Å². The van der Waals surface area contributed by atoms with Crippen molar-refractivity contribution in [3.8, 4) is 0 Å². The number of carbonyl (C=O) groups is 1. The average molecular weight is 434 g/mol. The maximum absolute atomic E-state index is 13.2. The fourth-order valence-corrected chi connectivity index (χ4v) is 6.22. The summed E-state index contributed by atoms with van der Waals surface area (Å²) in [5.74, 6) is 0.868. The van der Waals surface area contributed by atoms with E-state index in [9.17, 15) is 13.2 Å². The third-order valence-electron chi connectivity index (χ3n) is 5.82. The first-order valence-electron chi connectivity index (χ1n) is 9.47. The molecule has 0 saturated carbocycles. The molecule has 0 bridgehead atoms. The number of urea groups is 1. The number of sulfone groups is 1. The summed E-state index contributed by atoms with van der Waals surface area (Å²) in [5.41, 5.74) is 0.515. The molecule has 29 heavy (non-hydrogen) atoms. The van der Waals surface area contributed by atoms with Crippen molar-refractivity contribution >= 4 is 39.0 Å². The molecule has 1 aromatic heterocycles. The molecular weight excluding hydrogens is 414 g/mol. The Kier molecular flexibility index (Phi) is 4.22. The molecule has 8 nitrogen and oxygen atoms in total. The number of hydrogen-bond acceptors (Lipinski definition) is 6. The van der Waals surface area contributed by atoms with E-state index in [1.54, 1.807) is 40.5 Å². The lowest BCUT2D eigenvalue weighted by molar-refractivity contribution is 0.00962. The van der Waals surface area contributed by atoms with Gasteiger partial charge in [0.05, 0.1) is 22.5 Å². The maximum Gasteiger partial charge on any atom is 0.324 e. The Labute approximate surface area is 174 Å². The van der Waals surface area contributed by atoms with Crippen molar-refractivity contribution in [3.05, 3.63) is 41.8 Å². The predicted octanol–water partition coefficient (Wildman–Crippen LogP) is 2.06. The van der Waals surface area contributed by atoms with E-state index in [4.69, 9.17) is 11.6 Å². The highest BCUT2D eigenvalue weighted by molar-refractivity contribution is 7.91. The van der Waals surface area contributed by atoms with E-state index in [1.807, 2.05) is 0 Å². The Morgan fingerprint density at radius 2 is 1.93 bits per heavy atom. The van der Waals surface area contributed by atoms with E-state index >= 15 is 0 Å². The van der Waals surface area contributed by atoms with Gasteiger partial charge in [-0.1, -0.05) is 11.6 Å². The molecule has 10 heteroatoms. The number of rotatable bonds is 1. The van der Waals surface area contributed by atoms with Crippen molar-refractivity contribution in [2.24, 2.45) is 5.41 Å². The first kappa shape index (κ1) is 18.6. The van der Waals surface area contributed by atoms with Crippen LogP contribution in [-0.4, -0.2) is 67.8 Å². The average Bonchev–Trinajstić information content (AvgIpc) is 2.76. The molecule has 3 aliphatic heterocycles. The molecule has 0 radical (unpaired) electrons. The molecule has 0 atom stereocenters. The van der Waals surface area contributed by atoms with E-state index in [0.29, 0.717) is 36.8 Å². The van der Waals surface area contributed by atoms with Gasteiger partial charge in [0.25, 0.3) is 0 Å². The number of amides is 2. The second-order valence-corrected chi connectivity index (χ2v) is 10.5. The summed E-state index contributed by atoms with van der Waals surface area (Å²) >= 11 is 6.02. The summed E-state index contributed by atoms with van der Waals surface area (Å²) in [7, 11) is -3.45. The monoisotopic (exact) mass is 433 g/mol. The smallest absolute Gasteiger partial charge is 0.324 e. The minimum Gasteiger partial charge on any atom is -0.354 e. The summed E-state index contributed by atoms with van der Waals surface area (Å²) < 4.78 is 25.1. The van der Waals surface area contributed by atoms with Crippen LogP contribution in [0.5, 0.6) is 0 Å². The van der Waals surface area contributed by atoms with Gasteiger partial charge in [0, 0.05) is 55.6 Å². The Hall–Kier alpha value is -2.39. The SMILES string of the molecule is O=C(N1CC2(C1)CN(c1cnccn1)C2)N1CCCS(=O)(=O)c2cc(Cl)ccc21. The number of carbonyl (C=O) groups excluding carboxylic acids is 1. The number of benzene rings is 1. The fraction of sp³-hybridized carbons (Fsp3) is 0.421. The third-order valence-corrected chi connectivity index (χ3v) is 7.88. The normalized spacial score (nSPS) is 21.8. The number of hydrogen-bond donors (Lipinski definition) is 0.